The van der Waals surface area contributed by atoms with E-state index in [1.807, 2.05) is 6.92 Å². The van der Waals surface area contributed by atoms with Gasteiger partial charge in [-0.15, -0.1) is 11.3 Å². The first-order valence-corrected chi connectivity index (χ1v) is 4.79. The van der Waals surface area contributed by atoms with E-state index in [1.165, 1.54) is 8.66 Å². The molecule has 56 valence electrons. The Bertz CT molecular complexity index is 207. The summed E-state index contributed by atoms with van der Waals surface area (Å²) in [6, 6.07) is 4.44. The fourth-order valence-electron chi connectivity index (χ4n) is 0.779. The van der Waals surface area contributed by atoms with E-state index < -0.39 is 0 Å². The second-order valence-electron chi connectivity index (χ2n) is 2.39. The van der Waals surface area contributed by atoms with E-state index in [-0.39, 0.29) is 6.04 Å². The molecule has 0 radical (unpaired) electrons. The summed E-state index contributed by atoms with van der Waals surface area (Å²) in [5, 5.41) is 0. The summed E-state index contributed by atoms with van der Waals surface area (Å²) in [5.41, 5.74) is 5.63. The quantitative estimate of drug-likeness (QED) is 0.813. The van der Waals surface area contributed by atoms with Crippen molar-refractivity contribution in [1.82, 2.24) is 0 Å². The number of rotatable bonds is 2. The highest BCUT2D eigenvalue weighted by Crippen LogP contribution is 2.22. The monoisotopic (exact) mass is 219 g/mol. The lowest BCUT2D eigenvalue weighted by Crippen LogP contribution is -2.16. The van der Waals surface area contributed by atoms with Crippen molar-refractivity contribution >= 4 is 27.3 Å². The Labute approximate surface area is 73.4 Å². The van der Waals surface area contributed by atoms with Gasteiger partial charge in [-0.25, -0.2) is 0 Å². The van der Waals surface area contributed by atoms with Crippen LogP contribution in [0, 0.1) is 0 Å². The summed E-state index contributed by atoms with van der Waals surface area (Å²) in [5.74, 6) is 0. The molecule has 0 aliphatic carbocycles. The first kappa shape index (κ1) is 8.24. The van der Waals surface area contributed by atoms with E-state index >= 15 is 0 Å². The van der Waals surface area contributed by atoms with Crippen molar-refractivity contribution < 1.29 is 0 Å². The molecule has 2 N–H and O–H groups in total. The molecule has 1 nitrogen and oxygen atoms in total. The molecule has 1 aromatic heterocycles. The van der Waals surface area contributed by atoms with Gasteiger partial charge in [-0.3, -0.25) is 0 Å². The maximum Gasteiger partial charge on any atom is 0.0701 e. The van der Waals surface area contributed by atoms with Crippen LogP contribution in [0.3, 0.4) is 0 Å². The summed E-state index contributed by atoms with van der Waals surface area (Å²) in [7, 11) is 0. The molecule has 0 bridgehead atoms. The minimum absolute atomic E-state index is 0.269. The minimum Gasteiger partial charge on any atom is -0.328 e. The smallest absolute Gasteiger partial charge is 0.0701 e. The molecule has 0 fully saturated rings. The van der Waals surface area contributed by atoms with Crippen molar-refractivity contribution in [3.8, 4) is 0 Å². The zero-order chi connectivity index (χ0) is 7.56. The fourth-order valence-corrected chi connectivity index (χ4v) is 2.40. The highest BCUT2D eigenvalue weighted by molar-refractivity contribution is 9.11. The van der Waals surface area contributed by atoms with Crippen molar-refractivity contribution in [2.45, 2.75) is 19.4 Å². The first-order valence-electron chi connectivity index (χ1n) is 3.18. The van der Waals surface area contributed by atoms with Crippen LogP contribution in [0.4, 0.5) is 0 Å². The Morgan fingerprint density at radius 3 is 2.80 bits per heavy atom. The van der Waals surface area contributed by atoms with E-state index in [1.54, 1.807) is 11.3 Å². The van der Waals surface area contributed by atoms with Crippen LogP contribution in [0.15, 0.2) is 15.9 Å². The van der Waals surface area contributed by atoms with Gasteiger partial charge in [-0.05, 0) is 41.4 Å². The Hall–Kier alpha value is 0.140. The SMILES string of the molecule is C[C@H](N)Cc1ccc(Br)s1. The predicted molar refractivity (Wildman–Crippen MR) is 49.4 cm³/mol. The molecular weight excluding hydrogens is 210 g/mol. The van der Waals surface area contributed by atoms with E-state index in [0.717, 1.165) is 6.42 Å². The molecule has 0 aliphatic heterocycles. The van der Waals surface area contributed by atoms with Crippen LogP contribution >= 0.6 is 27.3 Å². The predicted octanol–water partition coefficient (Wildman–Crippen LogP) is 2.40. The summed E-state index contributed by atoms with van der Waals surface area (Å²) in [4.78, 5) is 1.35. The highest BCUT2D eigenvalue weighted by atomic mass is 79.9. The largest absolute Gasteiger partial charge is 0.328 e. The maximum atomic E-state index is 5.63. The van der Waals surface area contributed by atoms with E-state index in [9.17, 15) is 0 Å². The van der Waals surface area contributed by atoms with Crippen molar-refractivity contribution in [2.75, 3.05) is 0 Å². The van der Waals surface area contributed by atoms with E-state index in [0.29, 0.717) is 0 Å². The van der Waals surface area contributed by atoms with Crippen LogP contribution in [0.5, 0.6) is 0 Å². The normalized spacial score (nSPS) is 13.5. The molecule has 0 aliphatic rings. The van der Waals surface area contributed by atoms with E-state index in [2.05, 4.69) is 28.1 Å². The van der Waals surface area contributed by atoms with Gasteiger partial charge in [0.05, 0.1) is 3.79 Å². The zero-order valence-corrected chi connectivity index (χ0v) is 8.21. The third kappa shape index (κ3) is 2.40. The number of hydrogen-bond acceptors (Lipinski definition) is 2. The van der Waals surface area contributed by atoms with Gasteiger partial charge in [0.25, 0.3) is 0 Å². The van der Waals surface area contributed by atoms with Crippen molar-refractivity contribution in [1.29, 1.82) is 0 Å². The Kier molecular flexibility index (Phi) is 2.89. The van der Waals surface area contributed by atoms with Crippen LogP contribution in [0.25, 0.3) is 0 Å². The standard InChI is InChI=1S/C7H10BrNS/c1-5(9)4-6-2-3-7(8)10-6/h2-3,5H,4,9H2,1H3/t5-/m0/s1. The van der Waals surface area contributed by atoms with Crippen LogP contribution in [0.1, 0.15) is 11.8 Å². The third-order valence-electron chi connectivity index (χ3n) is 1.15. The van der Waals surface area contributed by atoms with Gasteiger partial charge in [-0.1, -0.05) is 0 Å². The molecule has 1 heterocycles. The number of thiophene rings is 1. The topological polar surface area (TPSA) is 26.0 Å². The molecule has 1 atom stereocenters. The Morgan fingerprint density at radius 2 is 2.40 bits per heavy atom. The lowest BCUT2D eigenvalue weighted by atomic mass is 10.2. The summed E-state index contributed by atoms with van der Waals surface area (Å²) >= 11 is 5.15. The number of hydrogen-bond donors (Lipinski definition) is 1. The molecule has 10 heavy (non-hydrogen) atoms. The van der Waals surface area contributed by atoms with Crippen LogP contribution in [-0.2, 0) is 6.42 Å². The summed E-state index contributed by atoms with van der Waals surface area (Å²) in [6.45, 7) is 2.02. The van der Waals surface area contributed by atoms with Crippen LogP contribution in [-0.4, -0.2) is 6.04 Å². The minimum atomic E-state index is 0.269. The average molecular weight is 220 g/mol. The van der Waals surface area contributed by atoms with Gasteiger partial charge in [0, 0.05) is 10.9 Å². The number of nitrogens with two attached hydrogens (primary N) is 1. The molecule has 1 rings (SSSR count). The van der Waals surface area contributed by atoms with Gasteiger partial charge in [-0.2, -0.15) is 0 Å². The number of halogens is 1. The maximum absolute atomic E-state index is 5.63. The molecule has 0 spiro atoms. The van der Waals surface area contributed by atoms with Gasteiger partial charge < -0.3 is 5.73 Å². The Balaban J connectivity index is 2.58. The lowest BCUT2D eigenvalue weighted by Gasteiger charge is -1.99. The highest BCUT2D eigenvalue weighted by Gasteiger charge is 1.99. The molecule has 0 aromatic carbocycles. The third-order valence-corrected chi connectivity index (χ3v) is 2.80. The van der Waals surface area contributed by atoms with Gasteiger partial charge in [0.15, 0.2) is 0 Å². The Morgan fingerprint density at radius 1 is 1.70 bits per heavy atom. The van der Waals surface area contributed by atoms with Crippen molar-refractivity contribution in [3.63, 3.8) is 0 Å². The van der Waals surface area contributed by atoms with Gasteiger partial charge in [0.2, 0.25) is 0 Å². The zero-order valence-electron chi connectivity index (χ0n) is 5.80. The summed E-state index contributed by atoms with van der Waals surface area (Å²) < 4.78 is 1.18. The van der Waals surface area contributed by atoms with Gasteiger partial charge >= 0.3 is 0 Å². The van der Waals surface area contributed by atoms with Crippen LogP contribution in [0.2, 0.25) is 0 Å². The first-order chi connectivity index (χ1) is 4.68. The fraction of sp³-hybridized carbons (Fsp3) is 0.429. The van der Waals surface area contributed by atoms with Crippen LogP contribution < -0.4 is 5.73 Å². The molecule has 0 amide bonds. The summed E-state index contributed by atoms with van der Waals surface area (Å²) in [6.07, 6.45) is 0.982. The lowest BCUT2D eigenvalue weighted by molar-refractivity contribution is 0.746. The van der Waals surface area contributed by atoms with Gasteiger partial charge in [0.1, 0.15) is 0 Å². The molecular formula is C7H10BrNS. The van der Waals surface area contributed by atoms with Crippen molar-refractivity contribution in [2.24, 2.45) is 5.73 Å². The molecule has 0 unspecified atom stereocenters. The molecule has 3 heteroatoms. The average Bonchev–Trinajstić information content (AvgIpc) is 2.13. The molecule has 1 aromatic rings. The molecule has 0 saturated heterocycles. The van der Waals surface area contributed by atoms with Crippen molar-refractivity contribution in [3.05, 3.63) is 20.8 Å². The second-order valence-corrected chi connectivity index (χ2v) is 4.93. The molecule has 0 saturated carbocycles. The second kappa shape index (κ2) is 3.51. The van der Waals surface area contributed by atoms with E-state index in [4.69, 9.17) is 5.73 Å².